The molecule has 1 aliphatic rings. The highest BCUT2D eigenvalue weighted by Crippen LogP contribution is 2.32. The van der Waals surface area contributed by atoms with Gasteiger partial charge in [0.2, 0.25) is 5.91 Å². The molecule has 34 heavy (non-hydrogen) atoms. The van der Waals surface area contributed by atoms with E-state index in [1.54, 1.807) is 7.11 Å². The van der Waals surface area contributed by atoms with Crippen LogP contribution in [0.2, 0.25) is 0 Å². The largest absolute Gasteiger partial charge is 0.497 e. The molecule has 1 unspecified atom stereocenters. The Labute approximate surface area is 203 Å². The van der Waals surface area contributed by atoms with Crippen LogP contribution in [0.15, 0.2) is 48.5 Å². The van der Waals surface area contributed by atoms with Crippen molar-refractivity contribution in [2.75, 3.05) is 32.1 Å². The van der Waals surface area contributed by atoms with Gasteiger partial charge in [0, 0.05) is 36.8 Å². The number of amides is 2. The Balaban J connectivity index is 1.44. The summed E-state index contributed by atoms with van der Waals surface area (Å²) in [5.74, 6) is 1.37. The molecule has 0 aromatic heterocycles. The molecule has 1 fully saturated rings. The van der Waals surface area contributed by atoms with E-state index >= 15 is 0 Å². The molecule has 2 aromatic rings. The van der Waals surface area contributed by atoms with Crippen molar-refractivity contribution in [1.82, 2.24) is 10.6 Å². The number of ether oxygens (including phenoxy) is 1. The summed E-state index contributed by atoms with van der Waals surface area (Å²) in [6.07, 6.45) is 7.53. The van der Waals surface area contributed by atoms with Crippen LogP contribution in [-0.2, 0) is 4.79 Å². The maximum Gasteiger partial charge on any atom is 0.251 e. The highest BCUT2D eigenvalue weighted by molar-refractivity contribution is 5.94. The van der Waals surface area contributed by atoms with E-state index in [2.05, 4.69) is 16.0 Å². The molecule has 6 nitrogen and oxygen atoms in total. The van der Waals surface area contributed by atoms with Gasteiger partial charge in [-0.3, -0.25) is 9.59 Å². The maximum absolute atomic E-state index is 13.1. The number of carbonyl (C=O) groups is 2. The molecule has 1 atom stereocenters. The normalized spacial score (nSPS) is 14.8. The zero-order valence-corrected chi connectivity index (χ0v) is 20.6. The predicted octanol–water partition coefficient (Wildman–Crippen LogP) is 4.94. The standard InChI is InChI=1S/C28H39N3O3/c1-21-8-6-11-23(20-21)27(32)30-17-7-12-26(22-9-4-3-5-10-22)28(33)31-19-18-29-24-13-15-25(34-2)16-14-24/h6,8,11,13-16,20,22,26,29H,3-5,7,9-10,12,17-19H2,1-2H3,(H,30,32)(H,31,33). The van der Waals surface area contributed by atoms with Crippen LogP contribution in [0.1, 0.15) is 60.9 Å². The van der Waals surface area contributed by atoms with Crippen LogP contribution in [0.4, 0.5) is 5.69 Å². The average molecular weight is 466 g/mol. The summed E-state index contributed by atoms with van der Waals surface area (Å²) in [7, 11) is 1.65. The summed E-state index contributed by atoms with van der Waals surface area (Å²) < 4.78 is 5.18. The molecule has 0 saturated heterocycles. The molecule has 0 spiro atoms. The van der Waals surface area contributed by atoms with Crippen molar-refractivity contribution < 1.29 is 14.3 Å². The predicted molar refractivity (Wildman–Crippen MR) is 137 cm³/mol. The van der Waals surface area contributed by atoms with E-state index in [4.69, 9.17) is 4.74 Å². The van der Waals surface area contributed by atoms with E-state index in [9.17, 15) is 9.59 Å². The van der Waals surface area contributed by atoms with Crippen LogP contribution in [0.5, 0.6) is 5.75 Å². The van der Waals surface area contributed by atoms with E-state index in [0.717, 1.165) is 42.7 Å². The van der Waals surface area contributed by atoms with Gasteiger partial charge >= 0.3 is 0 Å². The smallest absolute Gasteiger partial charge is 0.251 e. The Bertz CT molecular complexity index is 907. The number of hydrogen-bond acceptors (Lipinski definition) is 4. The molecule has 1 saturated carbocycles. The number of hydrogen-bond donors (Lipinski definition) is 3. The summed E-state index contributed by atoms with van der Waals surface area (Å²) in [6, 6.07) is 15.4. The molecular formula is C28H39N3O3. The lowest BCUT2D eigenvalue weighted by Gasteiger charge is -2.29. The number of nitrogens with one attached hydrogen (secondary N) is 3. The van der Waals surface area contributed by atoms with Gasteiger partial charge in [-0.2, -0.15) is 0 Å². The van der Waals surface area contributed by atoms with Crippen LogP contribution < -0.4 is 20.7 Å². The number of aryl methyl sites for hydroxylation is 1. The molecule has 0 radical (unpaired) electrons. The fourth-order valence-electron chi connectivity index (χ4n) is 4.76. The van der Waals surface area contributed by atoms with E-state index in [1.165, 1.54) is 19.3 Å². The summed E-state index contributed by atoms with van der Waals surface area (Å²) >= 11 is 0. The Morgan fingerprint density at radius 3 is 2.44 bits per heavy atom. The first-order valence-corrected chi connectivity index (χ1v) is 12.6. The first-order valence-electron chi connectivity index (χ1n) is 12.6. The van der Waals surface area contributed by atoms with Crippen molar-refractivity contribution in [1.29, 1.82) is 0 Å². The minimum Gasteiger partial charge on any atom is -0.497 e. The van der Waals surface area contributed by atoms with Gasteiger partial charge in [0.15, 0.2) is 0 Å². The topological polar surface area (TPSA) is 79.5 Å². The Morgan fingerprint density at radius 1 is 0.971 bits per heavy atom. The molecule has 0 aliphatic heterocycles. The number of anilines is 1. The monoisotopic (exact) mass is 465 g/mol. The Kier molecular flexibility index (Phi) is 10.3. The third-order valence-corrected chi connectivity index (χ3v) is 6.66. The van der Waals surface area contributed by atoms with Crippen LogP contribution in [-0.4, -0.2) is 38.6 Å². The molecule has 6 heteroatoms. The second-order valence-corrected chi connectivity index (χ2v) is 9.22. The van der Waals surface area contributed by atoms with Gasteiger partial charge < -0.3 is 20.7 Å². The fraction of sp³-hybridized carbons (Fsp3) is 0.500. The van der Waals surface area contributed by atoms with Crippen molar-refractivity contribution in [3.8, 4) is 5.75 Å². The number of carbonyl (C=O) groups excluding carboxylic acids is 2. The second-order valence-electron chi connectivity index (χ2n) is 9.22. The molecule has 0 bridgehead atoms. The Hall–Kier alpha value is -3.02. The van der Waals surface area contributed by atoms with E-state index < -0.39 is 0 Å². The first-order chi connectivity index (χ1) is 16.6. The van der Waals surface area contributed by atoms with Crippen molar-refractivity contribution >= 4 is 17.5 Å². The zero-order valence-electron chi connectivity index (χ0n) is 20.6. The van der Waals surface area contributed by atoms with Crippen molar-refractivity contribution in [2.24, 2.45) is 11.8 Å². The SMILES string of the molecule is COc1ccc(NCCNC(=O)C(CCCNC(=O)c2cccc(C)c2)C2CCCCC2)cc1. The highest BCUT2D eigenvalue weighted by atomic mass is 16.5. The minimum atomic E-state index is -0.0491. The highest BCUT2D eigenvalue weighted by Gasteiger charge is 2.28. The fourth-order valence-corrected chi connectivity index (χ4v) is 4.76. The molecular weight excluding hydrogens is 426 g/mol. The zero-order chi connectivity index (χ0) is 24.2. The van der Waals surface area contributed by atoms with E-state index in [1.807, 2.05) is 55.5 Å². The van der Waals surface area contributed by atoms with E-state index in [-0.39, 0.29) is 17.7 Å². The van der Waals surface area contributed by atoms with Crippen molar-refractivity contribution in [2.45, 2.75) is 51.9 Å². The van der Waals surface area contributed by atoms with Gasteiger partial charge in [0.25, 0.3) is 5.91 Å². The van der Waals surface area contributed by atoms with Crippen LogP contribution >= 0.6 is 0 Å². The minimum absolute atomic E-state index is 0.0113. The molecule has 2 amide bonds. The number of methoxy groups -OCH3 is 1. The summed E-state index contributed by atoms with van der Waals surface area (Å²) in [4.78, 5) is 25.5. The molecule has 0 heterocycles. The third kappa shape index (κ3) is 8.08. The second kappa shape index (κ2) is 13.6. The maximum atomic E-state index is 13.1. The van der Waals surface area contributed by atoms with Gasteiger partial charge in [-0.25, -0.2) is 0 Å². The lowest BCUT2D eigenvalue weighted by molar-refractivity contribution is -0.127. The average Bonchev–Trinajstić information content (AvgIpc) is 2.87. The molecule has 184 valence electrons. The summed E-state index contributed by atoms with van der Waals surface area (Å²) in [5, 5.41) is 9.49. The van der Waals surface area contributed by atoms with Crippen LogP contribution in [0, 0.1) is 18.8 Å². The van der Waals surface area contributed by atoms with E-state index in [0.29, 0.717) is 31.1 Å². The van der Waals surface area contributed by atoms with Crippen molar-refractivity contribution in [3.63, 3.8) is 0 Å². The third-order valence-electron chi connectivity index (χ3n) is 6.66. The van der Waals surface area contributed by atoms with Gasteiger partial charge in [0.05, 0.1) is 7.11 Å². The first kappa shape index (κ1) is 25.6. The Morgan fingerprint density at radius 2 is 1.74 bits per heavy atom. The van der Waals surface area contributed by atoms with Gasteiger partial charge in [-0.15, -0.1) is 0 Å². The lowest BCUT2D eigenvalue weighted by Crippen LogP contribution is -2.38. The number of benzene rings is 2. The molecule has 2 aromatic carbocycles. The van der Waals surface area contributed by atoms with Crippen LogP contribution in [0.3, 0.4) is 0 Å². The van der Waals surface area contributed by atoms with Gasteiger partial charge in [-0.1, -0.05) is 37.0 Å². The van der Waals surface area contributed by atoms with Crippen molar-refractivity contribution in [3.05, 3.63) is 59.7 Å². The molecule has 3 N–H and O–H groups in total. The summed E-state index contributed by atoms with van der Waals surface area (Å²) in [5.41, 5.74) is 2.76. The van der Waals surface area contributed by atoms with Crippen LogP contribution in [0.25, 0.3) is 0 Å². The van der Waals surface area contributed by atoms with Gasteiger partial charge in [0.1, 0.15) is 5.75 Å². The molecule has 1 aliphatic carbocycles. The number of rotatable bonds is 12. The molecule has 3 rings (SSSR count). The van der Waals surface area contributed by atoms with Gasteiger partial charge in [-0.05, 0) is 74.9 Å². The lowest BCUT2D eigenvalue weighted by atomic mass is 9.77. The summed E-state index contributed by atoms with van der Waals surface area (Å²) in [6.45, 7) is 3.82. The quantitative estimate of drug-likeness (QED) is 0.388.